The maximum absolute atomic E-state index is 12.9. The van der Waals surface area contributed by atoms with Gasteiger partial charge in [0.15, 0.2) is 0 Å². The summed E-state index contributed by atoms with van der Waals surface area (Å²) in [6.07, 6.45) is -4.46. The van der Waals surface area contributed by atoms with Gasteiger partial charge in [0.2, 0.25) is 0 Å². The van der Waals surface area contributed by atoms with Gasteiger partial charge in [0.25, 0.3) is 5.91 Å². The van der Waals surface area contributed by atoms with E-state index in [-0.39, 0.29) is 18.7 Å². The highest BCUT2D eigenvalue weighted by Gasteiger charge is 2.35. The molecule has 0 saturated carbocycles. The van der Waals surface area contributed by atoms with Crippen molar-refractivity contribution in [3.05, 3.63) is 54.1 Å². The van der Waals surface area contributed by atoms with Gasteiger partial charge < -0.3 is 14.9 Å². The summed E-state index contributed by atoms with van der Waals surface area (Å²) >= 11 is 1.78. The number of halogens is 3. The van der Waals surface area contributed by atoms with Crippen LogP contribution in [0.3, 0.4) is 0 Å². The van der Waals surface area contributed by atoms with Gasteiger partial charge in [0.1, 0.15) is 0 Å². The molecular weight excluding hydrogens is 425 g/mol. The predicted octanol–water partition coefficient (Wildman–Crippen LogP) is 5.59. The monoisotopic (exact) mass is 450 g/mol. The molecule has 2 aliphatic heterocycles. The highest BCUT2D eigenvalue weighted by molar-refractivity contribution is 7.99. The van der Waals surface area contributed by atoms with E-state index >= 15 is 0 Å². The van der Waals surface area contributed by atoms with E-state index in [1.165, 1.54) is 4.90 Å². The number of benzene rings is 2. The van der Waals surface area contributed by atoms with Crippen LogP contribution in [0.2, 0.25) is 0 Å². The van der Waals surface area contributed by atoms with Crippen molar-refractivity contribution in [1.29, 1.82) is 0 Å². The fraction of sp³-hybridized carbons (Fsp3) is 0.435. The SMILES string of the molecule is O=C(c1ccc(N2CSc3ccccc32)cc1)N1CCC(O)(CCCC(F)(F)F)CC1. The van der Waals surface area contributed by atoms with Crippen molar-refractivity contribution < 1.29 is 23.1 Å². The van der Waals surface area contributed by atoms with E-state index in [2.05, 4.69) is 17.0 Å². The summed E-state index contributed by atoms with van der Waals surface area (Å²) in [4.78, 5) is 18.0. The second kappa shape index (κ2) is 8.74. The highest BCUT2D eigenvalue weighted by atomic mass is 32.2. The minimum absolute atomic E-state index is 0.0900. The number of likely N-dealkylation sites (tertiary alicyclic amines) is 1. The molecule has 0 bridgehead atoms. The Morgan fingerprint density at radius 2 is 1.74 bits per heavy atom. The van der Waals surface area contributed by atoms with Crippen molar-refractivity contribution in [3.63, 3.8) is 0 Å². The molecule has 0 unspecified atom stereocenters. The molecule has 1 fully saturated rings. The van der Waals surface area contributed by atoms with Gasteiger partial charge in [-0.1, -0.05) is 12.1 Å². The molecule has 1 N–H and O–H groups in total. The summed E-state index contributed by atoms with van der Waals surface area (Å²) in [6.45, 7) is 0.693. The minimum Gasteiger partial charge on any atom is -0.390 e. The van der Waals surface area contributed by atoms with E-state index in [9.17, 15) is 23.1 Å². The van der Waals surface area contributed by atoms with E-state index in [0.717, 1.165) is 17.3 Å². The zero-order valence-corrected chi connectivity index (χ0v) is 17.9. The van der Waals surface area contributed by atoms with Crippen molar-refractivity contribution in [2.45, 2.75) is 48.8 Å². The van der Waals surface area contributed by atoms with Crippen LogP contribution in [0.25, 0.3) is 0 Å². The van der Waals surface area contributed by atoms with Crippen LogP contribution in [0.15, 0.2) is 53.4 Å². The van der Waals surface area contributed by atoms with Crippen LogP contribution >= 0.6 is 11.8 Å². The molecule has 4 nitrogen and oxygen atoms in total. The Hall–Kier alpha value is -2.19. The Bertz CT molecular complexity index is 925. The van der Waals surface area contributed by atoms with Crippen molar-refractivity contribution in [1.82, 2.24) is 4.90 Å². The van der Waals surface area contributed by atoms with Gasteiger partial charge in [0, 0.05) is 35.7 Å². The molecule has 1 saturated heterocycles. The molecule has 0 atom stereocenters. The fourth-order valence-corrected chi connectivity index (χ4v) is 5.24. The van der Waals surface area contributed by atoms with E-state index in [1.54, 1.807) is 16.7 Å². The quantitative estimate of drug-likeness (QED) is 0.645. The van der Waals surface area contributed by atoms with E-state index in [1.807, 2.05) is 36.4 Å². The number of nitrogens with zero attached hydrogens (tertiary/aromatic N) is 2. The Kier molecular flexibility index (Phi) is 6.21. The average Bonchev–Trinajstić information content (AvgIpc) is 3.17. The Balaban J connectivity index is 1.33. The lowest BCUT2D eigenvalue weighted by atomic mass is 9.86. The number of fused-ring (bicyclic) bond motifs is 1. The van der Waals surface area contributed by atoms with E-state index < -0.39 is 18.2 Å². The Morgan fingerprint density at radius 1 is 1.06 bits per heavy atom. The Labute approximate surface area is 184 Å². The third-order valence-corrected chi connectivity index (χ3v) is 7.06. The van der Waals surface area contributed by atoms with Gasteiger partial charge in [-0.15, -0.1) is 11.8 Å². The second-order valence-corrected chi connectivity index (χ2v) is 9.19. The summed E-state index contributed by atoms with van der Waals surface area (Å²) in [7, 11) is 0. The molecule has 0 spiro atoms. The van der Waals surface area contributed by atoms with Crippen LogP contribution in [0.5, 0.6) is 0 Å². The number of aliphatic hydroxyl groups is 1. The number of thioether (sulfide) groups is 1. The molecule has 2 aromatic carbocycles. The number of para-hydroxylation sites is 1. The summed E-state index contributed by atoms with van der Waals surface area (Å²) in [5.41, 5.74) is 1.64. The molecule has 1 amide bonds. The first-order chi connectivity index (χ1) is 14.7. The summed E-state index contributed by atoms with van der Waals surface area (Å²) < 4.78 is 37.1. The summed E-state index contributed by atoms with van der Waals surface area (Å²) in [5.74, 6) is 0.714. The molecule has 2 aromatic rings. The first-order valence-corrected chi connectivity index (χ1v) is 11.4. The van der Waals surface area contributed by atoms with Gasteiger partial charge >= 0.3 is 6.18 Å². The number of amides is 1. The van der Waals surface area contributed by atoms with Crippen LogP contribution in [-0.2, 0) is 0 Å². The average molecular weight is 451 g/mol. The summed E-state index contributed by atoms with van der Waals surface area (Å²) in [6, 6.07) is 15.7. The van der Waals surface area contributed by atoms with Gasteiger partial charge in [-0.05, 0) is 62.1 Å². The predicted molar refractivity (Wildman–Crippen MR) is 116 cm³/mol. The number of hydrogen-bond donors (Lipinski definition) is 1. The third kappa shape index (κ3) is 5.18. The largest absolute Gasteiger partial charge is 0.390 e. The maximum atomic E-state index is 12.9. The molecule has 2 heterocycles. The third-order valence-electron chi connectivity index (χ3n) is 6.01. The van der Waals surface area contributed by atoms with Crippen molar-refractivity contribution in [2.75, 3.05) is 23.9 Å². The molecule has 8 heteroatoms. The molecule has 166 valence electrons. The van der Waals surface area contributed by atoms with E-state index in [4.69, 9.17) is 0 Å². The lowest BCUT2D eigenvalue weighted by molar-refractivity contribution is -0.138. The normalized spacial score (nSPS) is 18.2. The molecule has 0 aliphatic carbocycles. The van der Waals surface area contributed by atoms with E-state index in [0.29, 0.717) is 31.5 Å². The number of hydrogen-bond acceptors (Lipinski definition) is 4. The molecule has 2 aliphatic rings. The highest BCUT2D eigenvalue weighted by Crippen LogP contribution is 2.42. The first-order valence-electron chi connectivity index (χ1n) is 10.4. The molecule has 0 radical (unpaired) electrons. The van der Waals surface area contributed by atoms with Crippen LogP contribution in [0.1, 0.15) is 42.5 Å². The number of rotatable bonds is 5. The zero-order chi connectivity index (χ0) is 22.1. The van der Waals surface area contributed by atoms with Gasteiger partial charge in [-0.3, -0.25) is 4.79 Å². The number of carbonyl (C=O) groups excluding carboxylic acids is 1. The number of carbonyl (C=O) groups is 1. The second-order valence-electron chi connectivity index (χ2n) is 8.20. The Morgan fingerprint density at radius 3 is 2.42 bits per heavy atom. The zero-order valence-electron chi connectivity index (χ0n) is 17.1. The molecule has 0 aromatic heterocycles. The minimum atomic E-state index is -4.20. The molecule has 31 heavy (non-hydrogen) atoms. The first kappa shape index (κ1) is 22.0. The van der Waals surface area contributed by atoms with Crippen molar-refractivity contribution in [3.8, 4) is 0 Å². The van der Waals surface area contributed by atoms with Gasteiger partial charge in [-0.25, -0.2) is 0 Å². The van der Waals surface area contributed by atoms with Crippen LogP contribution in [0, 0.1) is 0 Å². The van der Waals surface area contributed by atoms with Crippen molar-refractivity contribution in [2.24, 2.45) is 0 Å². The number of anilines is 2. The standard InChI is InChI=1S/C23H25F3N2O2S/c24-23(25,26)11-3-10-22(30)12-14-27(15-13-22)21(29)17-6-8-18(9-7-17)28-16-31-20-5-2-1-4-19(20)28/h1-2,4-9,30H,3,10-16H2. The van der Waals surface area contributed by atoms with Crippen molar-refractivity contribution >= 4 is 29.0 Å². The smallest absolute Gasteiger partial charge is 0.389 e. The summed E-state index contributed by atoms with van der Waals surface area (Å²) in [5, 5.41) is 10.6. The van der Waals surface area contributed by atoms with Gasteiger partial charge in [0.05, 0.1) is 17.2 Å². The van der Waals surface area contributed by atoms with Crippen LogP contribution in [0.4, 0.5) is 24.5 Å². The fourth-order valence-electron chi connectivity index (χ4n) is 4.18. The van der Waals surface area contributed by atoms with Crippen LogP contribution < -0.4 is 4.90 Å². The number of alkyl halides is 3. The number of piperidine rings is 1. The lowest BCUT2D eigenvalue weighted by Crippen LogP contribution is -2.46. The molecular formula is C23H25F3N2O2S. The van der Waals surface area contributed by atoms with Gasteiger partial charge in [-0.2, -0.15) is 13.2 Å². The lowest BCUT2D eigenvalue weighted by Gasteiger charge is -2.38. The van der Waals surface area contributed by atoms with Crippen LogP contribution in [-0.4, -0.2) is 46.7 Å². The maximum Gasteiger partial charge on any atom is 0.389 e. The topological polar surface area (TPSA) is 43.8 Å². The molecule has 4 rings (SSSR count).